The van der Waals surface area contributed by atoms with Crippen LogP contribution in [0, 0.1) is 5.92 Å². The number of aryl methyl sites for hydroxylation is 1. The van der Waals surface area contributed by atoms with E-state index in [1.165, 1.54) is 17.8 Å². The van der Waals surface area contributed by atoms with E-state index in [0.29, 0.717) is 5.92 Å². The summed E-state index contributed by atoms with van der Waals surface area (Å²) < 4.78 is 0. The summed E-state index contributed by atoms with van der Waals surface area (Å²) in [6.45, 7) is 5.18. The monoisotopic (exact) mass is 205 g/mol. The number of aromatic nitrogens is 1. The molecule has 1 aromatic rings. The van der Waals surface area contributed by atoms with E-state index in [9.17, 15) is 0 Å². The van der Waals surface area contributed by atoms with E-state index in [4.69, 9.17) is 5.73 Å². The zero-order chi connectivity index (χ0) is 10.7. The molecule has 0 bridgehead atoms. The molecule has 1 aliphatic heterocycles. The van der Waals surface area contributed by atoms with Gasteiger partial charge in [0.25, 0.3) is 0 Å². The molecular weight excluding hydrogens is 186 g/mol. The molecule has 0 spiro atoms. The van der Waals surface area contributed by atoms with Crippen LogP contribution >= 0.6 is 0 Å². The van der Waals surface area contributed by atoms with Gasteiger partial charge in [-0.05, 0) is 37.4 Å². The molecule has 2 heterocycles. The van der Waals surface area contributed by atoms with Gasteiger partial charge in [0.05, 0.1) is 0 Å². The van der Waals surface area contributed by atoms with Crippen LogP contribution in [0.25, 0.3) is 0 Å². The second-order valence-electron chi connectivity index (χ2n) is 4.20. The van der Waals surface area contributed by atoms with Crippen LogP contribution in [-0.4, -0.2) is 24.6 Å². The van der Waals surface area contributed by atoms with Crippen molar-refractivity contribution in [2.24, 2.45) is 11.7 Å². The van der Waals surface area contributed by atoms with Crippen molar-refractivity contribution in [3.05, 3.63) is 24.0 Å². The van der Waals surface area contributed by atoms with Crippen molar-refractivity contribution in [2.45, 2.75) is 19.8 Å². The number of hydrogen-bond donors (Lipinski definition) is 1. The standard InChI is InChI=1S/C12H19N3/c1-2-11-7-12(3-5-14-11)15-6-4-10(8-13)9-15/h3,5,7,10H,2,4,6,8-9,13H2,1H3. The number of pyridine rings is 1. The Morgan fingerprint density at radius 1 is 1.60 bits per heavy atom. The summed E-state index contributed by atoms with van der Waals surface area (Å²) in [6, 6.07) is 4.29. The lowest BCUT2D eigenvalue weighted by Gasteiger charge is -2.18. The zero-order valence-corrected chi connectivity index (χ0v) is 9.32. The van der Waals surface area contributed by atoms with E-state index in [-0.39, 0.29) is 0 Å². The summed E-state index contributed by atoms with van der Waals surface area (Å²) in [5.74, 6) is 0.670. The molecule has 82 valence electrons. The maximum absolute atomic E-state index is 5.69. The number of nitrogens with zero attached hydrogens (tertiary/aromatic N) is 2. The molecule has 1 saturated heterocycles. The van der Waals surface area contributed by atoms with E-state index in [2.05, 4.69) is 28.9 Å². The van der Waals surface area contributed by atoms with Crippen LogP contribution < -0.4 is 10.6 Å². The average molecular weight is 205 g/mol. The minimum Gasteiger partial charge on any atom is -0.371 e. The molecule has 15 heavy (non-hydrogen) atoms. The number of hydrogen-bond acceptors (Lipinski definition) is 3. The Bertz CT molecular complexity index is 324. The highest BCUT2D eigenvalue weighted by molar-refractivity contribution is 5.47. The van der Waals surface area contributed by atoms with Gasteiger partial charge in [0.15, 0.2) is 0 Å². The van der Waals surface area contributed by atoms with E-state index in [1.54, 1.807) is 0 Å². The van der Waals surface area contributed by atoms with E-state index in [0.717, 1.165) is 26.1 Å². The third-order valence-electron chi connectivity index (χ3n) is 3.15. The molecule has 0 amide bonds. The van der Waals surface area contributed by atoms with Gasteiger partial charge >= 0.3 is 0 Å². The van der Waals surface area contributed by atoms with E-state index < -0.39 is 0 Å². The van der Waals surface area contributed by atoms with E-state index >= 15 is 0 Å². The lowest BCUT2D eigenvalue weighted by molar-refractivity contribution is 0.602. The predicted molar refractivity (Wildman–Crippen MR) is 63.0 cm³/mol. The summed E-state index contributed by atoms with van der Waals surface area (Å²) in [5.41, 5.74) is 8.16. The quantitative estimate of drug-likeness (QED) is 0.811. The molecule has 0 radical (unpaired) electrons. The van der Waals surface area contributed by atoms with Crippen molar-refractivity contribution >= 4 is 5.69 Å². The van der Waals surface area contributed by atoms with E-state index in [1.807, 2.05) is 6.20 Å². The van der Waals surface area contributed by atoms with Gasteiger partial charge in [0, 0.05) is 30.7 Å². The first-order valence-electron chi connectivity index (χ1n) is 5.73. The summed E-state index contributed by atoms with van der Waals surface area (Å²) >= 11 is 0. The van der Waals surface area contributed by atoms with Crippen molar-refractivity contribution in [1.82, 2.24) is 4.98 Å². The Labute approximate surface area is 91.3 Å². The van der Waals surface area contributed by atoms with Gasteiger partial charge in [-0.1, -0.05) is 6.92 Å². The lowest BCUT2D eigenvalue weighted by atomic mass is 10.1. The third-order valence-corrected chi connectivity index (χ3v) is 3.15. The Kier molecular flexibility index (Phi) is 3.21. The molecule has 3 nitrogen and oxygen atoms in total. The van der Waals surface area contributed by atoms with Crippen molar-refractivity contribution < 1.29 is 0 Å². The van der Waals surface area contributed by atoms with Crippen LogP contribution in [0.5, 0.6) is 0 Å². The molecule has 2 rings (SSSR count). The Morgan fingerprint density at radius 2 is 2.47 bits per heavy atom. The first-order valence-corrected chi connectivity index (χ1v) is 5.73. The second kappa shape index (κ2) is 4.62. The van der Waals surface area contributed by atoms with Gasteiger partial charge in [0.2, 0.25) is 0 Å². The molecule has 1 aliphatic rings. The minimum atomic E-state index is 0.670. The fourth-order valence-electron chi connectivity index (χ4n) is 2.12. The fraction of sp³-hybridized carbons (Fsp3) is 0.583. The summed E-state index contributed by atoms with van der Waals surface area (Å²) in [7, 11) is 0. The van der Waals surface area contributed by atoms with Gasteiger partial charge in [-0.2, -0.15) is 0 Å². The molecule has 0 aliphatic carbocycles. The average Bonchev–Trinajstić information content (AvgIpc) is 2.78. The molecule has 1 atom stereocenters. The maximum atomic E-state index is 5.69. The Hall–Kier alpha value is -1.09. The van der Waals surface area contributed by atoms with Crippen molar-refractivity contribution in [1.29, 1.82) is 0 Å². The SMILES string of the molecule is CCc1cc(N2CCC(CN)C2)ccn1. The molecule has 1 fully saturated rings. The molecule has 0 saturated carbocycles. The van der Waals surface area contributed by atoms with Gasteiger partial charge in [0.1, 0.15) is 0 Å². The molecule has 1 unspecified atom stereocenters. The fourth-order valence-corrected chi connectivity index (χ4v) is 2.12. The maximum Gasteiger partial charge on any atom is 0.0421 e. The third kappa shape index (κ3) is 2.29. The molecule has 1 aromatic heterocycles. The number of anilines is 1. The molecule has 2 N–H and O–H groups in total. The molecule has 0 aromatic carbocycles. The van der Waals surface area contributed by atoms with Crippen LogP contribution in [0.2, 0.25) is 0 Å². The summed E-state index contributed by atoms with van der Waals surface area (Å²) in [6.07, 6.45) is 4.13. The van der Waals surface area contributed by atoms with Gasteiger partial charge in [-0.3, -0.25) is 4.98 Å². The van der Waals surface area contributed by atoms with Gasteiger partial charge in [-0.25, -0.2) is 0 Å². The normalized spacial score (nSPS) is 20.9. The van der Waals surface area contributed by atoms with Gasteiger partial charge in [-0.15, -0.1) is 0 Å². The van der Waals surface area contributed by atoms with Crippen molar-refractivity contribution in [3.8, 4) is 0 Å². The highest BCUT2D eigenvalue weighted by Gasteiger charge is 2.21. The number of rotatable bonds is 3. The van der Waals surface area contributed by atoms with Crippen LogP contribution in [-0.2, 0) is 6.42 Å². The van der Waals surface area contributed by atoms with Crippen LogP contribution in [0.3, 0.4) is 0 Å². The largest absolute Gasteiger partial charge is 0.371 e. The Morgan fingerprint density at radius 3 is 3.13 bits per heavy atom. The van der Waals surface area contributed by atoms with Crippen molar-refractivity contribution in [3.63, 3.8) is 0 Å². The number of nitrogens with two attached hydrogens (primary N) is 1. The second-order valence-corrected chi connectivity index (χ2v) is 4.20. The van der Waals surface area contributed by atoms with Gasteiger partial charge < -0.3 is 10.6 Å². The topological polar surface area (TPSA) is 42.1 Å². The minimum absolute atomic E-state index is 0.670. The van der Waals surface area contributed by atoms with Crippen LogP contribution in [0.1, 0.15) is 19.0 Å². The highest BCUT2D eigenvalue weighted by Crippen LogP contribution is 2.23. The zero-order valence-electron chi connectivity index (χ0n) is 9.32. The first kappa shape index (κ1) is 10.4. The van der Waals surface area contributed by atoms with Crippen LogP contribution in [0.4, 0.5) is 5.69 Å². The summed E-state index contributed by atoms with van der Waals surface area (Å²) in [4.78, 5) is 6.73. The Balaban J connectivity index is 2.09. The smallest absolute Gasteiger partial charge is 0.0421 e. The lowest BCUT2D eigenvalue weighted by Crippen LogP contribution is -2.22. The predicted octanol–water partition coefficient (Wildman–Crippen LogP) is 1.43. The first-order chi connectivity index (χ1) is 7.33. The molecule has 3 heteroatoms. The van der Waals surface area contributed by atoms with Crippen LogP contribution in [0.15, 0.2) is 18.3 Å². The highest BCUT2D eigenvalue weighted by atomic mass is 15.2. The molecular formula is C12H19N3. The van der Waals surface area contributed by atoms with Crippen molar-refractivity contribution in [2.75, 3.05) is 24.5 Å². The summed E-state index contributed by atoms with van der Waals surface area (Å²) in [5, 5.41) is 0.